The van der Waals surface area contributed by atoms with Crippen molar-refractivity contribution in [1.82, 2.24) is 29.7 Å². The lowest BCUT2D eigenvalue weighted by atomic mass is 10.2. The minimum atomic E-state index is 0.793. The van der Waals surface area contributed by atoms with Gasteiger partial charge in [-0.25, -0.2) is 0 Å². The Labute approximate surface area is 257 Å². The van der Waals surface area contributed by atoms with E-state index in [9.17, 15) is 0 Å². The summed E-state index contributed by atoms with van der Waals surface area (Å²) >= 11 is 1.99. The van der Waals surface area contributed by atoms with Gasteiger partial charge in [0.25, 0.3) is 0 Å². The fourth-order valence-electron chi connectivity index (χ4n) is 5.21. The average molecular weight is 585 g/mol. The van der Waals surface area contributed by atoms with Gasteiger partial charge in [0.1, 0.15) is 0 Å². The second-order valence-corrected chi connectivity index (χ2v) is 11.9. The smallest absolute Gasteiger partial charge is 0.0705 e. The van der Waals surface area contributed by atoms with Crippen LogP contribution in [-0.2, 0) is 26.2 Å². The van der Waals surface area contributed by atoms with Crippen molar-refractivity contribution < 1.29 is 0 Å². The van der Waals surface area contributed by atoms with Gasteiger partial charge in [0, 0.05) is 73.9 Å². The van der Waals surface area contributed by atoms with E-state index in [1.165, 1.54) is 10.8 Å². The minimum Gasteiger partial charge on any atom is -0.291 e. The summed E-state index contributed by atoms with van der Waals surface area (Å²) in [6.45, 7) is 5.11. The third-order valence-corrected chi connectivity index (χ3v) is 8.35. The Morgan fingerprint density at radius 2 is 0.884 bits per heavy atom. The Hall–Kier alpha value is -4.17. The molecule has 0 aliphatic carbocycles. The lowest BCUT2D eigenvalue weighted by Crippen LogP contribution is -2.28. The fourth-order valence-corrected chi connectivity index (χ4v) is 6.19. The Bertz CT molecular complexity index is 1600. The lowest BCUT2D eigenvalue weighted by molar-refractivity contribution is 0.264. The van der Waals surface area contributed by atoms with Crippen LogP contribution in [0, 0.1) is 0 Å². The minimum absolute atomic E-state index is 0.793. The maximum Gasteiger partial charge on any atom is 0.0705 e. The summed E-state index contributed by atoms with van der Waals surface area (Å²) in [7, 11) is 0. The van der Waals surface area contributed by atoms with Crippen LogP contribution in [0.2, 0.25) is 0 Å². The molecule has 2 aromatic carbocycles. The Kier molecular flexibility index (Phi) is 9.97. The molecule has 0 aliphatic rings. The van der Waals surface area contributed by atoms with E-state index in [-0.39, 0.29) is 0 Å². The van der Waals surface area contributed by atoms with Crippen molar-refractivity contribution in [2.45, 2.75) is 26.2 Å². The number of thioether (sulfide) groups is 1. The van der Waals surface area contributed by atoms with Gasteiger partial charge in [-0.05, 0) is 48.5 Å². The van der Waals surface area contributed by atoms with E-state index < -0.39 is 0 Å². The van der Waals surface area contributed by atoms with Gasteiger partial charge in [0.2, 0.25) is 0 Å². The van der Waals surface area contributed by atoms with E-state index in [2.05, 4.69) is 117 Å². The van der Waals surface area contributed by atoms with Crippen molar-refractivity contribution in [3.63, 3.8) is 0 Å². The molecule has 0 radical (unpaired) electrons. The molecule has 0 amide bonds. The van der Waals surface area contributed by atoms with Gasteiger partial charge in [-0.1, -0.05) is 60.7 Å². The zero-order chi connectivity index (χ0) is 29.1. The molecule has 0 aliphatic heterocycles. The zero-order valence-corrected chi connectivity index (χ0v) is 25.1. The molecule has 0 N–H and O–H groups in total. The van der Waals surface area contributed by atoms with Crippen LogP contribution in [0.4, 0.5) is 0 Å². The Balaban J connectivity index is 1.07. The maximum absolute atomic E-state index is 4.94. The third kappa shape index (κ3) is 8.45. The van der Waals surface area contributed by atoms with Crippen molar-refractivity contribution in [3.05, 3.63) is 144 Å². The molecule has 43 heavy (non-hydrogen) atoms. The second-order valence-electron chi connectivity index (χ2n) is 10.7. The predicted molar refractivity (Wildman–Crippen MR) is 178 cm³/mol. The largest absolute Gasteiger partial charge is 0.291 e. The van der Waals surface area contributed by atoms with Crippen molar-refractivity contribution in [2.24, 2.45) is 0 Å². The molecular weight excluding hydrogens is 549 g/mol. The summed E-state index contributed by atoms with van der Waals surface area (Å²) in [6.07, 6.45) is 3.74. The molecule has 7 heteroatoms. The van der Waals surface area contributed by atoms with Crippen molar-refractivity contribution >= 4 is 33.6 Å². The van der Waals surface area contributed by atoms with Crippen LogP contribution in [0.15, 0.2) is 122 Å². The first-order valence-electron chi connectivity index (χ1n) is 14.8. The van der Waals surface area contributed by atoms with E-state index in [4.69, 9.17) is 9.97 Å². The summed E-state index contributed by atoms with van der Waals surface area (Å²) in [4.78, 5) is 24.0. The molecule has 6 rings (SSSR count). The highest BCUT2D eigenvalue weighted by Crippen LogP contribution is 2.17. The molecule has 4 heterocycles. The quantitative estimate of drug-likeness (QED) is 0.128. The first-order valence-corrected chi connectivity index (χ1v) is 16.0. The summed E-state index contributed by atoms with van der Waals surface area (Å²) in [5, 5.41) is 2.35. The lowest BCUT2D eigenvalue weighted by Gasteiger charge is -2.23. The van der Waals surface area contributed by atoms with E-state index in [1.807, 2.05) is 36.3 Å². The standard InChI is InChI=1S/C36H36N6S/c1-3-13-35-29(9-1)15-17-33(39-35)27-41(25-31-11-5-7-19-37-31)21-23-43-24-22-42(26-32-12-6-8-20-38-32)28-34-18-16-30-10-2-4-14-36(30)40-34/h1-20H,21-28H2. The molecule has 216 valence electrons. The summed E-state index contributed by atoms with van der Waals surface area (Å²) in [6, 6.07) is 37.5. The van der Waals surface area contributed by atoms with Gasteiger partial charge in [-0.3, -0.25) is 29.7 Å². The molecule has 0 fully saturated rings. The van der Waals surface area contributed by atoms with Gasteiger partial charge >= 0.3 is 0 Å². The highest BCUT2D eigenvalue weighted by Gasteiger charge is 2.12. The number of hydrogen-bond acceptors (Lipinski definition) is 7. The van der Waals surface area contributed by atoms with Crippen LogP contribution in [0.3, 0.4) is 0 Å². The zero-order valence-electron chi connectivity index (χ0n) is 24.3. The third-order valence-electron chi connectivity index (χ3n) is 7.41. The summed E-state index contributed by atoms with van der Waals surface area (Å²) < 4.78 is 0. The number of benzene rings is 2. The number of pyridine rings is 4. The van der Waals surface area contributed by atoms with Crippen LogP contribution in [0.1, 0.15) is 22.8 Å². The first-order chi connectivity index (χ1) is 21.3. The number of nitrogens with zero attached hydrogens (tertiary/aromatic N) is 6. The second kappa shape index (κ2) is 14.8. The molecule has 0 saturated carbocycles. The number of hydrogen-bond donors (Lipinski definition) is 0. The van der Waals surface area contributed by atoms with Crippen LogP contribution < -0.4 is 0 Å². The molecule has 0 atom stereocenters. The Morgan fingerprint density at radius 3 is 1.35 bits per heavy atom. The van der Waals surface area contributed by atoms with Crippen LogP contribution >= 0.6 is 11.8 Å². The van der Waals surface area contributed by atoms with Gasteiger partial charge < -0.3 is 0 Å². The van der Waals surface area contributed by atoms with E-state index in [0.717, 1.165) is 84.6 Å². The highest BCUT2D eigenvalue weighted by molar-refractivity contribution is 7.99. The molecule has 6 nitrogen and oxygen atoms in total. The van der Waals surface area contributed by atoms with Gasteiger partial charge in [0.05, 0.1) is 33.8 Å². The molecule has 0 unspecified atom stereocenters. The summed E-state index contributed by atoms with van der Waals surface area (Å²) in [5.41, 5.74) is 6.42. The van der Waals surface area contributed by atoms with Gasteiger partial charge in [0.15, 0.2) is 0 Å². The molecular formula is C36H36N6S. The first kappa shape index (κ1) is 28.9. The van der Waals surface area contributed by atoms with Crippen LogP contribution in [0.25, 0.3) is 21.8 Å². The maximum atomic E-state index is 4.94. The highest BCUT2D eigenvalue weighted by atomic mass is 32.2. The molecule has 0 bridgehead atoms. The monoisotopic (exact) mass is 584 g/mol. The summed E-state index contributed by atoms with van der Waals surface area (Å²) in [5.74, 6) is 2.07. The van der Waals surface area contributed by atoms with E-state index in [1.54, 1.807) is 0 Å². The van der Waals surface area contributed by atoms with E-state index in [0.29, 0.717) is 0 Å². The van der Waals surface area contributed by atoms with Crippen molar-refractivity contribution in [2.75, 3.05) is 24.6 Å². The number of aromatic nitrogens is 4. The molecule has 0 saturated heterocycles. The number of fused-ring (bicyclic) bond motifs is 2. The number of rotatable bonds is 14. The SMILES string of the molecule is c1ccc(CN(CCSCCN(Cc2ccccn2)Cc2ccc3ccccc3n2)Cc2ccc3ccccc3n2)nc1. The van der Waals surface area contributed by atoms with E-state index >= 15 is 0 Å². The molecule has 4 aromatic heterocycles. The average Bonchev–Trinajstić information content (AvgIpc) is 3.05. The fraction of sp³-hybridized carbons (Fsp3) is 0.222. The van der Waals surface area contributed by atoms with Crippen LogP contribution in [0.5, 0.6) is 0 Å². The van der Waals surface area contributed by atoms with Gasteiger partial charge in [-0.15, -0.1) is 0 Å². The normalized spacial score (nSPS) is 11.6. The van der Waals surface area contributed by atoms with Crippen LogP contribution in [-0.4, -0.2) is 54.3 Å². The molecule has 0 spiro atoms. The molecule has 6 aromatic rings. The van der Waals surface area contributed by atoms with Gasteiger partial charge in [-0.2, -0.15) is 11.8 Å². The predicted octanol–water partition coefficient (Wildman–Crippen LogP) is 7.01. The van der Waals surface area contributed by atoms with Crippen molar-refractivity contribution in [1.29, 1.82) is 0 Å². The topological polar surface area (TPSA) is 58.0 Å². The Morgan fingerprint density at radius 1 is 0.442 bits per heavy atom. The number of para-hydroxylation sites is 2. The van der Waals surface area contributed by atoms with Crippen molar-refractivity contribution in [3.8, 4) is 0 Å².